The van der Waals surface area contributed by atoms with Gasteiger partial charge in [-0.2, -0.15) is 5.26 Å². The van der Waals surface area contributed by atoms with Crippen LogP contribution in [0.5, 0.6) is 5.75 Å². The summed E-state index contributed by atoms with van der Waals surface area (Å²) in [7, 11) is 0. The molecule has 1 aromatic heterocycles. The van der Waals surface area contributed by atoms with Gasteiger partial charge >= 0.3 is 0 Å². The van der Waals surface area contributed by atoms with Crippen molar-refractivity contribution in [3.05, 3.63) is 59.2 Å². The molecule has 0 N–H and O–H groups in total. The van der Waals surface area contributed by atoms with E-state index in [0.717, 1.165) is 5.56 Å². The van der Waals surface area contributed by atoms with Gasteiger partial charge in [0.1, 0.15) is 29.9 Å². The summed E-state index contributed by atoms with van der Waals surface area (Å²) in [6.45, 7) is 0.225. The summed E-state index contributed by atoms with van der Waals surface area (Å²) in [6.07, 6.45) is 1.56. The van der Waals surface area contributed by atoms with Crippen molar-refractivity contribution >= 4 is 15.9 Å². The second kappa shape index (κ2) is 6.30. The van der Waals surface area contributed by atoms with E-state index >= 15 is 0 Å². The van der Waals surface area contributed by atoms with E-state index in [2.05, 4.69) is 20.9 Å². The van der Waals surface area contributed by atoms with Crippen LogP contribution < -0.4 is 4.74 Å². The first kappa shape index (κ1) is 13.5. The summed E-state index contributed by atoms with van der Waals surface area (Å²) in [6, 6.07) is 9.87. The number of hydrogen-bond donors (Lipinski definition) is 0. The van der Waals surface area contributed by atoms with Crippen LogP contribution in [0.15, 0.2) is 36.5 Å². The smallest absolute Gasteiger partial charge is 0.147 e. The first-order valence-corrected chi connectivity index (χ1v) is 6.68. The molecule has 1 aromatic carbocycles. The Kier molecular flexibility index (Phi) is 4.48. The normalized spacial score (nSPS) is 9.95. The molecule has 19 heavy (non-hydrogen) atoms. The molecule has 0 aliphatic heterocycles. The first-order chi connectivity index (χ1) is 9.24. The van der Waals surface area contributed by atoms with Gasteiger partial charge in [0.25, 0.3) is 0 Å². The van der Waals surface area contributed by atoms with Crippen molar-refractivity contribution in [3.63, 3.8) is 0 Å². The van der Waals surface area contributed by atoms with Gasteiger partial charge in [-0.15, -0.1) is 0 Å². The predicted octanol–water partition coefficient (Wildman–Crippen LogP) is 3.57. The van der Waals surface area contributed by atoms with Gasteiger partial charge in [-0.05, 0) is 24.3 Å². The maximum atomic E-state index is 13.1. The van der Waals surface area contributed by atoms with E-state index < -0.39 is 0 Å². The lowest BCUT2D eigenvalue weighted by molar-refractivity contribution is 0.302. The fourth-order valence-corrected chi connectivity index (χ4v) is 2.04. The molecule has 0 atom stereocenters. The van der Waals surface area contributed by atoms with Crippen molar-refractivity contribution in [3.8, 4) is 11.8 Å². The summed E-state index contributed by atoms with van der Waals surface area (Å²) in [5, 5.41) is 9.43. The van der Waals surface area contributed by atoms with Crippen LogP contribution in [0.4, 0.5) is 4.39 Å². The van der Waals surface area contributed by atoms with Crippen molar-refractivity contribution in [1.82, 2.24) is 4.98 Å². The van der Waals surface area contributed by atoms with E-state index in [1.165, 1.54) is 12.1 Å². The quantitative estimate of drug-likeness (QED) is 0.809. The van der Waals surface area contributed by atoms with E-state index in [1.807, 2.05) is 6.07 Å². The van der Waals surface area contributed by atoms with Gasteiger partial charge in [0.05, 0.1) is 0 Å². The van der Waals surface area contributed by atoms with Crippen LogP contribution >= 0.6 is 15.9 Å². The molecule has 0 aliphatic carbocycles. The van der Waals surface area contributed by atoms with Gasteiger partial charge in [0, 0.05) is 22.7 Å². The molecule has 0 unspecified atom stereocenters. The Bertz CT molecular complexity index is 625. The number of rotatable bonds is 4. The second-order valence-corrected chi connectivity index (χ2v) is 4.36. The molecule has 5 heteroatoms. The number of benzene rings is 1. The molecular formula is C14H10BrFN2O. The molecule has 0 saturated carbocycles. The average Bonchev–Trinajstić information content (AvgIpc) is 2.46. The number of halogens is 2. The van der Waals surface area contributed by atoms with Crippen molar-refractivity contribution in [2.24, 2.45) is 0 Å². The summed E-state index contributed by atoms with van der Waals surface area (Å²) >= 11 is 3.29. The molecule has 0 amide bonds. The molecule has 96 valence electrons. The highest BCUT2D eigenvalue weighted by Gasteiger charge is 2.07. The molecule has 0 aliphatic rings. The number of alkyl halides is 1. The molecule has 0 saturated heterocycles. The lowest BCUT2D eigenvalue weighted by Gasteiger charge is -2.10. The van der Waals surface area contributed by atoms with Gasteiger partial charge in [-0.3, -0.25) is 0 Å². The fourth-order valence-electron chi connectivity index (χ4n) is 1.60. The van der Waals surface area contributed by atoms with Crippen LogP contribution in [0.3, 0.4) is 0 Å². The summed E-state index contributed by atoms with van der Waals surface area (Å²) in [4.78, 5) is 3.96. The number of pyridine rings is 1. The van der Waals surface area contributed by atoms with Crippen molar-refractivity contribution in [2.45, 2.75) is 11.9 Å². The minimum atomic E-state index is -0.305. The number of aromatic nitrogens is 1. The van der Waals surface area contributed by atoms with Gasteiger partial charge in [-0.25, -0.2) is 9.37 Å². The molecule has 3 nitrogen and oxygen atoms in total. The van der Waals surface area contributed by atoms with Gasteiger partial charge in [0.2, 0.25) is 0 Å². The monoisotopic (exact) mass is 320 g/mol. The first-order valence-electron chi connectivity index (χ1n) is 5.55. The van der Waals surface area contributed by atoms with E-state index in [0.29, 0.717) is 22.3 Å². The maximum Gasteiger partial charge on any atom is 0.147 e. The summed E-state index contributed by atoms with van der Waals surface area (Å²) < 4.78 is 18.7. The molecule has 0 bridgehead atoms. The molecule has 2 aromatic rings. The second-order valence-electron chi connectivity index (χ2n) is 3.80. The Hall–Kier alpha value is -1.93. The van der Waals surface area contributed by atoms with E-state index in [9.17, 15) is 4.39 Å². The molecule has 0 radical (unpaired) electrons. The molecule has 2 rings (SSSR count). The molecule has 0 spiro atoms. The van der Waals surface area contributed by atoms with Crippen LogP contribution in [0, 0.1) is 17.1 Å². The Morgan fingerprint density at radius 2 is 2.16 bits per heavy atom. The molecule has 1 heterocycles. The van der Waals surface area contributed by atoms with Crippen LogP contribution in [0.1, 0.15) is 16.8 Å². The highest BCUT2D eigenvalue weighted by atomic mass is 79.9. The standard InChI is InChI=1S/C14H10BrFN2O/c15-7-11-6-12(16)3-4-14(11)19-9-10-2-1-5-18-13(10)8-17/h1-6H,7,9H2. The van der Waals surface area contributed by atoms with Gasteiger partial charge in [0.15, 0.2) is 0 Å². The predicted molar refractivity (Wildman–Crippen MR) is 72.3 cm³/mol. The third-order valence-electron chi connectivity index (χ3n) is 2.55. The van der Waals surface area contributed by atoms with Crippen LogP contribution in [-0.2, 0) is 11.9 Å². The summed E-state index contributed by atoms with van der Waals surface area (Å²) in [5.74, 6) is 0.284. The third-order valence-corrected chi connectivity index (χ3v) is 3.15. The number of nitrogens with zero attached hydrogens (tertiary/aromatic N) is 2. The topological polar surface area (TPSA) is 45.9 Å². The zero-order valence-electron chi connectivity index (χ0n) is 9.94. The lowest BCUT2D eigenvalue weighted by atomic mass is 10.2. The van der Waals surface area contributed by atoms with Crippen LogP contribution in [0.25, 0.3) is 0 Å². The van der Waals surface area contributed by atoms with Gasteiger partial charge < -0.3 is 4.74 Å². The van der Waals surface area contributed by atoms with E-state index in [4.69, 9.17) is 10.00 Å². The average molecular weight is 321 g/mol. The molecule has 0 fully saturated rings. The SMILES string of the molecule is N#Cc1ncccc1COc1ccc(F)cc1CBr. The van der Waals surface area contributed by atoms with Crippen molar-refractivity contribution < 1.29 is 9.13 Å². The van der Waals surface area contributed by atoms with Crippen molar-refractivity contribution in [2.75, 3.05) is 0 Å². The minimum absolute atomic E-state index is 0.225. The summed E-state index contributed by atoms with van der Waals surface area (Å²) in [5.41, 5.74) is 1.77. The number of ether oxygens (including phenoxy) is 1. The van der Waals surface area contributed by atoms with Crippen LogP contribution in [-0.4, -0.2) is 4.98 Å². The Morgan fingerprint density at radius 1 is 1.32 bits per heavy atom. The zero-order chi connectivity index (χ0) is 13.7. The number of nitriles is 1. The Labute approximate surface area is 118 Å². The Morgan fingerprint density at radius 3 is 2.89 bits per heavy atom. The lowest BCUT2D eigenvalue weighted by Crippen LogP contribution is -2.01. The highest BCUT2D eigenvalue weighted by Crippen LogP contribution is 2.23. The Balaban J connectivity index is 2.17. The minimum Gasteiger partial charge on any atom is -0.488 e. The number of hydrogen-bond acceptors (Lipinski definition) is 3. The van der Waals surface area contributed by atoms with Gasteiger partial charge in [-0.1, -0.05) is 22.0 Å². The van der Waals surface area contributed by atoms with Crippen LogP contribution in [0.2, 0.25) is 0 Å². The fraction of sp³-hybridized carbons (Fsp3) is 0.143. The molecular weight excluding hydrogens is 311 g/mol. The highest BCUT2D eigenvalue weighted by molar-refractivity contribution is 9.08. The van der Waals surface area contributed by atoms with E-state index in [1.54, 1.807) is 24.4 Å². The maximum absolute atomic E-state index is 13.1. The third kappa shape index (κ3) is 3.30. The van der Waals surface area contributed by atoms with E-state index in [-0.39, 0.29) is 12.4 Å². The van der Waals surface area contributed by atoms with Crippen molar-refractivity contribution in [1.29, 1.82) is 5.26 Å². The zero-order valence-corrected chi connectivity index (χ0v) is 11.5. The largest absolute Gasteiger partial charge is 0.488 e.